The number of allylic oxidation sites excluding steroid dienone is 1. The summed E-state index contributed by atoms with van der Waals surface area (Å²) in [6.45, 7) is 0. The van der Waals surface area contributed by atoms with Gasteiger partial charge in [0, 0.05) is 6.20 Å². The fraction of sp³-hybridized carbons (Fsp3) is 0.200. The van der Waals surface area contributed by atoms with Gasteiger partial charge in [0.1, 0.15) is 5.75 Å². The summed E-state index contributed by atoms with van der Waals surface area (Å²) < 4.78 is 7.37. The Morgan fingerprint density at radius 3 is 3.08 bits per heavy atom. The zero-order valence-electron chi connectivity index (χ0n) is 7.33. The Morgan fingerprint density at radius 2 is 2.31 bits per heavy atom. The van der Waals surface area contributed by atoms with E-state index in [4.69, 9.17) is 4.74 Å². The molecule has 0 aliphatic carbocycles. The van der Waals surface area contributed by atoms with E-state index in [1.54, 1.807) is 7.11 Å². The lowest BCUT2D eigenvalue weighted by atomic mass is 10.1. The molecule has 1 aromatic carbocycles. The number of hydrogen-bond donors (Lipinski definition) is 0. The van der Waals surface area contributed by atoms with Gasteiger partial charge in [-0.1, -0.05) is 18.2 Å². The molecule has 1 aliphatic heterocycles. The molecular weight excluding hydrogens is 277 g/mol. The molecule has 0 amide bonds. The topological polar surface area (TPSA) is 12.5 Å². The summed E-state index contributed by atoms with van der Waals surface area (Å²) in [4.78, 5) is 0. The van der Waals surface area contributed by atoms with Crippen LogP contribution < -0.4 is 7.85 Å². The molecule has 0 spiro atoms. The standard InChI is InChI=1S/C10H10INO/c1-13-9-6-2-4-8-5-3-7-12(11)10(8)9/h2-4,6-7H,5H2,1H3. The monoisotopic (exact) mass is 287 g/mol. The highest BCUT2D eigenvalue weighted by atomic mass is 127. The van der Waals surface area contributed by atoms with Crippen LogP contribution in [0.1, 0.15) is 5.56 Å². The number of methoxy groups -OCH3 is 1. The molecule has 0 radical (unpaired) electrons. The van der Waals surface area contributed by atoms with E-state index in [2.05, 4.69) is 44.3 Å². The average Bonchev–Trinajstić information content (AvgIpc) is 2.17. The lowest BCUT2D eigenvalue weighted by Gasteiger charge is -2.22. The third-order valence-electron chi connectivity index (χ3n) is 2.09. The summed E-state index contributed by atoms with van der Waals surface area (Å²) in [5, 5.41) is 0. The summed E-state index contributed by atoms with van der Waals surface area (Å²) in [6.07, 6.45) is 5.20. The summed E-state index contributed by atoms with van der Waals surface area (Å²) in [5.74, 6) is 0.941. The van der Waals surface area contributed by atoms with Crippen molar-refractivity contribution in [3.05, 3.63) is 36.0 Å². The number of hydrogen-bond acceptors (Lipinski definition) is 2. The van der Waals surface area contributed by atoms with E-state index in [9.17, 15) is 0 Å². The molecule has 1 aliphatic rings. The van der Waals surface area contributed by atoms with Gasteiger partial charge < -0.3 is 4.74 Å². The molecule has 3 heteroatoms. The predicted molar refractivity (Wildman–Crippen MR) is 62.3 cm³/mol. The second-order valence-electron chi connectivity index (χ2n) is 2.87. The van der Waals surface area contributed by atoms with Crippen molar-refractivity contribution in [1.29, 1.82) is 0 Å². The van der Waals surface area contributed by atoms with Crippen molar-refractivity contribution in [3.8, 4) is 5.75 Å². The number of benzene rings is 1. The van der Waals surface area contributed by atoms with Crippen molar-refractivity contribution in [2.24, 2.45) is 0 Å². The minimum absolute atomic E-state index is 0.941. The van der Waals surface area contributed by atoms with E-state index in [0.717, 1.165) is 12.2 Å². The van der Waals surface area contributed by atoms with Crippen molar-refractivity contribution >= 4 is 28.6 Å². The molecule has 0 unspecified atom stereocenters. The Morgan fingerprint density at radius 1 is 1.46 bits per heavy atom. The smallest absolute Gasteiger partial charge is 0.143 e. The maximum absolute atomic E-state index is 5.30. The maximum atomic E-state index is 5.30. The Kier molecular flexibility index (Phi) is 2.44. The third kappa shape index (κ3) is 1.52. The Hall–Kier alpha value is -0.710. The molecule has 68 valence electrons. The molecule has 2 nitrogen and oxygen atoms in total. The lowest BCUT2D eigenvalue weighted by molar-refractivity contribution is 0.416. The zero-order valence-corrected chi connectivity index (χ0v) is 9.48. The second kappa shape index (κ2) is 3.57. The molecule has 0 atom stereocenters. The highest BCUT2D eigenvalue weighted by molar-refractivity contribution is 14.1. The third-order valence-corrected chi connectivity index (χ3v) is 2.89. The van der Waals surface area contributed by atoms with Gasteiger partial charge in [-0.3, -0.25) is 3.11 Å². The highest BCUT2D eigenvalue weighted by Gasteiger charge is 2.14. The molecule has 0 bridgehead atoms. The number of ether oxygens (including phenoxy) is 1. The molecule has 2 rings (SSSR count). The number of fused-ring (bicyclic) bond motifs is 1. The molecule has 0 saturated heterocycles. The second-order valence-corrected chi connectivity index (χ2v) is 3.91. The summed E-state index contributed by atoms with van der Waals surface area (Å²) in [5.41, 5.74) is 2.49. The molecular formula is C10H10INO. The van der Waals surface area contributed by atoms with Crippen LogP contribution in [0.5, 0.6) is 5.75 Å². The number of rotatable bonds is 1. The first-order chi connectivity index (χ1) is 6.33. The molecule has 1 aromatic rings. The highest BCUT2D eigenvalue weighted by Crippen LogP contribution is 2.37. The van der Waals surface area contributed by atoms with Crippen LogP contribution >= 0.6 is 22.9 Å². The summed E-state index contributed by atoms with van der Waals surface area (Å²) in [7, 11) is 1.71. The molecule has 13 heavy (non-hydrogen) atoms. The minimum Gasteiger partial charge on any atom is -0.495 e. The predicted octanol–water partition coefficient (Wildman–Crippen LogP) is 2.92. The van der Waals surface area contributed by atoms with Crippen LogP contribution in [0, 0.1) is 0 Å². The minimum atomic E-state index is 0.941. The van der Waals surface area contributed by atoms with Crippen molar-refractivity contribution in [2.45, 2.75) is 6.42 Å². The van der Waals surface area contributed by atoms with E-state index in [1.807, 2.05) is 12.1 Å². The summed E-state index contributed by atoms with van der Waals surface area (Å²) >= 11 is 2.26. The van der Waals surface area contributed by atoms with Crippen molar-refractivity contribution in [2.75, 3.05) is 10.2 Å². The zero-order chi connectivity index (χ0) is 9.26. The number of para-hydroxylation sites is 1. The molecule has 0 saturated carbocycles. The van der Waals surface area contributed by atoms with Gasteiger partial charge in [0.15, 0.2) is 0 Å². The Bertz CT molecular complexity index is 349. The van der Waals surface area contributed by atoms with Gasteiger partial charge >= 0.3 is 0 Å². The fourth-order valence-corrected chi connectivity index (χ4v) is 2.26. The van der Waals surface area contributed by atoms with Crippen LogP contribution in [-0.4, -0.2) is 7.11 Å². The van der Waals surface area contributed by atoms with Crippen molar-refractivity contribution in [3.63, 3.8) is 0 Å². The van der Waals surface area contributed by atoms with Gasteiger partial charge in [-0.2, -0.15) is 0 Å². The van der Waals surface area contributed by atoms with Crippen LogP contribution in [0.3, 0.4) is 0 Å². The average molecular weight is 287 g/mol. The van der Waals surface area contributed by atoms with Crippen LogP contribution in [0.15, 0.2) is 30.5 Å². The number of nitrogens with zero attached hydrogens (tertiary/aromatic N) is 1. The van der Waals surface area contributed by atoms with Crippen molar-refractivity contribution in [1.82, 2.24) is 0 Å². The van der Waals surface area contributed by atoms with Crippen LogP contribution in [0.2, 0.25) is 0 Å². The largest absolute Gasteiger partial charge is 0.495 e. The number of halogens is 1. The van der Waals surface area contributed by atoms with E-state index in [1.165, 1.54) is 11.3 Å². The van der Waals surface area contributed by atoms with Gasteiger partial charge in [0.2, 0.25) is 0 Å². The fourth-order valence-electron chi connectivity index (χ4n) is 1.49. The van der Waals surface area contributed by atoms with Gasteiger partial charge in [0.05, 0.1) is 35.7 Å². The first-order valence-corrected chi connectivity index (χ1v) is 5.07. The lowest BCUT2D eigenvalue weighted by Crippen LogP contribution is -2.08. The van der Waals surface area contributed by atoms with E-state index in [-0.39, 0.29) is 0 Å². The molecule has 0 aromatic heterocycles. The SMILES string of the molecule is COc1cccc2c1N(I)C=CC2. The Balaban J connectivity index is 2.54. The van der Waals surface area contributed by atoms with E-state index >= 15 is 0 Å². The molecule has 0 N–H and O–H groups in total. The van der Waals surface area contributed by atoms with Crippen LogP contribution in [-0.2, 0) is 6.42 Å². The van der Waals surface area contributed by atoms with E-state index in [0.29, 0.717) is 0 Å². The van der Waals surface area contributed by atoms with Gasteiger partial charge in [-0.25, -0.2) is 0 Å². The Labute approximate surface area is 91.7 Å². The van der Waals surface area contributed by atoms with Gasteiger partial charge in [0.25, 0.3) is 0 Å². The molecule has 0 fully saturated rings. The quantitative estimate of drug-likeness (QED) is 0.581. The van der Waals surface area contributed by atoms with E-state index < -0.39 is 0 Å². The first kappa shape index (κ1) is 8.87. The van der Waals surface area contributed by atoms with Crippen LogP contribution in [0.4, 0.5) is 5.69 Å². The van der Waals surface area contributed by atoms with Gasteiger partial charge in [-0.15, -0.1) is 0 Å². The first-order valence-electron chi connectivity index (χ1n) is 4.10. The number of anilines is 1. The summed E-state index contributed by atoms with van der Waals surface area (Å²) in [6, 6.07) is 6.15. The normalized spacial score (nSPS) is 14.2. The maximum Gasteiger partial charge on any atom is 0.143 e. The van der Waals surface area contributed by atoms with Gasteiger partial charge in [-0.05, 0) is 18.1 Å². The molecule has 1 heterocycles. The van der Waals surface area contributed by atoms with Crippen molar-refractivity contribution < 1.29 is 4.74 Å². The van der Waals surface area contributed by atoms with Crippen LogP contribution in [0.25, 0.3) is 0 Å².